The van der Waals surface area contributed by atoms with Crippen molar-refractivity contribution in [2.45, 2.75) is 0 Å². The molecule has 0 fully saturated rings. The summed E-state index contributed by atoms with van der Waals surface area (Å²) in [6.45, 7) is 0. The van der Waals surface area contributed by atoms with E-state index in [1.165, 1.54) is 6.20 Å². The highest BCUT2D eigenvalue weighted by atomic mass is 35.5. The highest BCUT2D eigenvalue weighted by molar-refractivity contribution is 6.32. The highest BCUT2D eigenvalue weighted by Crippen LogP contribution is 2.26. The summed E-state index contributed by atoms with van der Waals surface area (Å²) in [4.78, 5) is 25.5. The molecule has 0 aliphatic carbocycles. The lowest BCUT2D eigenvalue weighted by Gasteiger charge is -2.06. The molecule has 0 spiro atoms. The van der Waals surface area contributed by atoms with Crippen LogP contribution in [-0.4, -0.2) is 27.1 Å². The van der Waals surface area contributed by atoms with Gasteiger partial charge in [-0.25, -0.2) is 19.0 Å². The summed E-state index contributed by atoms with van der Waals surface area (Å²) >= 11 is 5.62. The number of hydrogen-bond donors (Lipinski definition) is 2. The molecule has 7 heteroatoms. The van der Waals surface area contributed by atoms with E-state index in [0.717, 1.165) is 24.3 Å². The fourth-order valence-electron chi connectivity index (χ4n) is 1.62. The number of halogens is 2. The summed E-state index contributed by atoms with van der Waals surface area (Å²) in [6.07, 6.45) is 1.18. The van der Waals surface area contributed by atoms with Crippen molar-refractivity contribution in [1.82, 2.24) is 4.98 Å². The maximum atomic E-state index is 13.8. The third-order valence-electron chi connectivity index (χ3n) is 2.59. The van der Waals surface area contributed by atoms with Gasteiger partial charge in [-0.1, -0.05) is 11.6 Å². The van der Waals surface area contributed by atoms with Gasteiger partial charge < -0.3 is 10.2 Å². The molecule has 0 saturated heterocycles. The van der Waals surface area contributed by atoms with E-state index in [-0.39, 0.29) is 27.4 Å². The molecule has 2 rings (SSSR count). The molecule has 20 heavy (non-hydrogen) atoms. The number of carboxylic acid groups (broad SMARTS) is 2. The molecule has 0 amide bonds. The van der Waals surface area contributed by atoms with Gasteiger partial charge in [0, 0.05) is 17.3 Å². The molecule has 2 N–H and O–H groups in total. The Kier molecular flexibility index (Phi) is 3.67. The minimum absolute atomic E-state index is 0.0587. The Morgan fingerprint density at radius 3 is 2.45 bits per heavy atom. The number of carbonyl (C=O) groups is 2. The standard InChI is InChI=1S/C13H7ClFNO4/c14-11-9(13(19)20)4-7(5-16-11)8-3-6(12(17)18)1-2-10(8)15/h1-5H,(H,17,18)(H,19,20). The monoisotopic (exact) mass is 295 g/mol. The van der Waals surface area contributed by atoms with Crippen LogP contribution in [0, 0.1) is 5.82 Å². The predicted octanol–water partition coefficient (Wildman–Crippen LogP) is 2.94. The van der Waals surface area contributed by atoms with Crippen molar-refractivity contribution in [3.63, 3.8) is 0 Å². The third kappa shape index (κ3) is 2.60. The first kappa shape index (κ1) is 14.0. The molecule has 0 saturated carbocycles. The molecule has 1 aromatic carbocycles. The quantitative estimate of drug-likeness (QED) is 0.850. The van der Waals surface area contributed by atoms with E-state index in [1.54, 1.807) is 0 Å². The lowest BCUT2D eigenvalue weighted by Crippen LogP contribution is -2.01. The number of pyridine rings is 1. The zero-order chi connectivity index (χ0) is 14.9. The predicted molar refractivity (Wildman–Crippen MR) is 68.6 cm³/mol. The fraction of sp³-hybridized carbons (Fsp3) is 0. The number of hydrogen-bond acceptors (Lipinski definition) is 3. The molecule has 5 nitrogen and oxygen atoms in total. The summed E-state index contributed by atoms with van der Waals surface area (Å²) in [6, 6.07) is 4.35. The van der Waals surface area contributed by atoms with E-state index in [4.69, 9.17) is 21.8 Å². The minimum Gasteiger partial charge on any atom is -0.478 e. The average Bonchev–Trinajstić information content (AvgIpc) is 2.39. The van der Waals surface area contributed by atoms with Crippen molar-refractivity contribution in [2.24, 2.45) is 0 Å². The molecule has 0 bridgehead atoms. The number of rotatable bonds is 3. The van der Waals surface area contributed by atoms with Crippen LogP contribution in [-0.2, 0) is 0 Å². The summed E-state index contributed by atoms with van der Waals surface area (Å²) in [7, 11) is 0. The number of aromatic nitrogens is 1. The van der Waals surface area contributed by atoms with E-state index < -0.39 is 17.8 Å². The second-order valence-corrected chi connectivity index (χ2v) is 4.23. The molecule has 1 heterocycles. The normalized spacial score (nSPS) is 10.3. The fourth-order valence-corrected chi connectivity index (χ4v) is 1.81. The van der Waals surface area contributed by atoms with Crippen LogP contribution in [0.5, 0.6) is 0 Å². The van der Waals surface area contributed by atoms with Crippen LogP contribution in [0.2, 0.25) is 5.15 Å². The third-order valence-corrected chi connectivity index (χ3v) is 2.89. The van der Waals surface area contributed by atoms with Gasteiger partial charge >= 0.3 is 11.9 Å². The highest BCUT2D eigenvalue weighted by Gasteiger charge is 2.15. The van der Waals surface area contributed by atoms with E-state index >= 15 is 0 Å². The lowest BCUT2D eigenvalue weighted by atomic mass is 10.0. The van der Waals surface area contributed by atoms with Crippen LogP contribution in [0.4, 0.5) is 4.39 Å². The molecule has 1 aromatic heterocycles. The largest absolute Gasteiger partial charge is 0.478 e. The Hall–Kier alpha value is -2.47. The van der Waals surface area contributed by atoms with Gasteiger partial charge in [0.1, 0.15) is 11.0 Å². The smallest absolute Gasteiger partial charge is 0.338 e. The maximum Gasteiger partial charge on any atom is 0.338 e. The molecule has 0 aliphatic rings. The average molecular weight is 296 g/mol. The van der Waals surface area contributed by atoms with Crippen molar-refractivity contribution < 1.29 is 24.2 Å². The maximum absolute atomic E-state index is 13.8. The Bertz CT molecular complexity index is 718. The minimum atomic E-state index is -1.31. The molecule has 102 valence electrons. The molecular weight excluding hydrogens is 289 g/mol. The second kappa shape index (κ2) is 5.26. The van der Waals surface area contributed by atoms with Crippen molar-refractivity contribution in [3.8, 4) is 11.1 Å². The Morgan fingerprint density at radius 1 is 1.15 bits per heavy atom. The SMILES string of the molecule is O=C(O)c1ccc(F)c(-c2cnc(Cl)c(C(=O)O)c2)c1. The first-order valence-electron chi connectivity index (χ1n) is 5.32. The molecule has 0 atom stereocenters. The Morgan fingerprint density at radius 2 is 1.85 bits per heavy atom. The summed E-state index contributed by atoms with van der Waals surface area (Å²) < 4.78 is 13.8. The van der Waals surface area contributed by atoms with Crippen molar-refractivity contribution in [2.75, 3.05) is 0 Å². The lowest BCUT2D eigenvalue weighted by molar-refractivity contribution is 0.0685. The van der Waals surface area contributed by atoms with Gasteiger partial charge in [-0.15, -0.1) is 0 Å². The summed E-state index contributed by atoms with van der Waals surface area (Å²) in [5.74, 6) is -3.21. The van der Waals surface area contributed by atoms with E-state index in [0.29, 0.717) is 0 Å². The second-order valence-electron chi connectivity index (χ2n) is 3.87. The first-order chi connectivity index (χ1) is 9.40. The Balaban J connectivity index is 2.62. The van der Waals surface area contributed by atoms with Crippen LogP contribution >= 0.6 is 11.6 Å². The van der Waals surface area contributed by atoms with Crippen LogP contribution in [0.3, 0.4) is 0 Å². The zero-order valence-corrected chi connectivity index (χ0v) is 10.6. The van der Waals surface area contributed by atoms with Gasteiger partial charge in [0.15, 0.2) is 0 Å². The molecule has 2 aromatic rings. The number of carboxylic acids is 2. The van der Waals surface area contributed by atoms with Crippen LogP contribution in [0.25, 0.3) is 11.1 Å². The molecular formula is C13H7ClFNO4. The van der Waals surface area contributed by atoms with Crippen molar-refractivity contribution in [1.29, 1.82) is 0 Å². The molecule has 0 unspecified atom stereocenters. The number of benzene rings is 1. The zero-order valence-electron chi connectivity index (χ0n) is 9.80. The van der Waals surface area contributed by atoms with Gasteiger partial charge in [0.25, 0.3) is 0 Å². The van der Waals surface area contributed by atoms with Crippen LogP contribution in [0.1, 0.15) is 20.7 Å². The van der Waals surface area contributed by atoms with Gasteiger partial charge in [0.05, 0.1) is 11.1 Å². The number of aromatic carboxylic acids is 2. The molecule has 0 aliphatic heterocycles. The van der Waals surface area contributed by atoms with Crippen LogP contribution in [0.15, 0.2) is 30.5 Å². The van der Waals surface area contributed by atoms with E-state index in [9.17, 15) is 14.0 Å². The topological polar surface area (TPSA) is 87.5 Å². The first-order valence-corrected chi connectivity index (χ1v) is 5.70. The summed E-state index contributed by atoms with van der Waals surface area (Å²) in [5.41, 5.74) is -0.332. The summed E-state index contributed by atoms with van der Waals surface area (Å²) in [5, 5.41) is 17.6. The van der Waals surface area contributed by atoms with Gasteiger partial charge in [0.2, 0.25) is 0 Å². The van der Waals surface area contributed by atoms with Crippen molar-refractivity contribution >= 4 is 23.5 Å². The van der Waals surface area contributed by atoms with E-state index in [2.05, 4.69) is 4.98 Å². The molecule has 0 radical (unpaired) electrons. The van der Waals surface area contributed by atoms with Crippen molar-refractivity contribution in [3.05, 3.63) is 52.6 Å². The Labute approximate surface area is 117 Å². The van der Waals surface area contributed by atoms with Gasteiger partial charge in [-0.3, -0.25) is 0 Å². The number of nitrogens with zero attached hydrogens (tertiary/aromatic N) is 1. The van der Waals surface area contributed by atoms with Gasteiger partial charge in [-0.05, 0) is 24.3 Å². The van der Waals surface area contributed by atoms with Crippen LogP contribution < -0.4 is 0 Å². The van der Waals surface area contributed by atoms with Gasteiger partial charge in [-0.2, -0.15) is 0 Å². The van der Waals surface area contributed by atoms with E-state index in [1.807, 2.05) is 0 Å².